The maximum absolute atomic E-state index is 11.9. The van der Waals surface area contributed by atoms with Crippen molar-refractivity contribution in [1.82, 2.24) is 0 Å². The lowest BCUT2D eigenvalue weighted by molar-refractivity contribution is -0.139. The summed E-state index contributed by atoms with van der Waals surface area (Å²) in [6, 6.07) is 5.24. The van der Waals surface area contributed by atoms with Crippen LogP contribution in [-0.2, 0) is 25.5 Å². The summed E-state index contributed by atoms with van der Waals surface area (Å²) in [6.07, 6.45) is -0.0612. The van der Waals surface area contributed by atoms with Gasteiger partial charge in [-0.2, -0.15) is 0 Å². The average Bonchev–Trinajstić information content (AvgIpc) is 2.70. The number of methoxy groups -OCH3 is 5. The van der Waals surface area contributed by atoms with Crippen LogP contribution in [0.25, 0.3) is 10.8 Å². The third-order valence-electron chi connectivity index (χ3n) is 3.94. The topological polar surface area (TPSA) is 80.3 Å². The van der Waals surface area contributed by atoms with Crippen molar-refractivity contribution < 1.29 is 33.3 Å². The second-order valence-corrected chi connectivity index (χ2v) is 5.33. The monoisotopic (exact) mass is 372 g/mol. The maximum atomic E-state index is 11.9. The normalized spacial score (nSPS) is 9.81. The first-order chi connectivity index (χ1) is 13.0. The number of hydrogen-bond acceptors (Lipinski definition) is 7. The Balaban J connectivity index is 2.92. The van der Waals surface area contributed by atoms with Crippen molar-refractivity contribution in [2.24, 2.45) is 0 Å². The molecule has 0 spiro atoms. The Morgan fingerprint density at radius 1 is 0.926 bits per heavy atom. The average molecular weight is 372 g/mol. The number of carbonyl (C=O) groups is 2. The van der Waals surface area contributed by atoms with Gasteiger partial charge < -0.3 is 23.7 Å². The van der Waals surface area contributed by atoms with Crippen LogP contribution in [0, 0.1) is 11.8 Å². The predicted octanol–water partition coefficient (Wildman–Crippen LogP) is 2.11. The van der Waals surface area contributed by atoms with Gasteiger partial charge in [-0.25, -0.2) is 4.79 Å². The zero-order valence-electron chi connectivity index (χ0n) is 15.8. The molecule has 0 aliphatic carbocycles. The molecule has 142 valence electrons. The minimum atomic E-state index is -0.709. The van der Waals surface area contributed by atoms with E-state index in [0.717, 1.165) is 0 Å². The number of benzene rings is 2. The van der Waals surface area contributed by atoms with Crippen LogP contribution in [0.3, 0.4) is 0 Å². The third-order valence-corrected chi connectivity index (χ3v) is 3.94. The van der Waals surface area contributed by atoms with E-state index < -0.39 is 11.9 Å². The fraction of sp³-hybridized carbons (Fsp3) is 0.300. The van der Waals surface area contributed by atoms with Crippen LogP contribution in [0.4, 0.5) is 0 Å². The molecule has 0 saturated heterocycles. The molecule has 0 heterocycles. The lowest BCUT2D eigenvalue weighted by Crippen LogP contribution is -2.08. The highest BCUT2D eigenvalue weighted by Crippen LogP contribution is 2.42. The van der Waals surface area contributed by atoms with E-state index in [4.69, 9.17) is 18.9 Å². The van der Waals surface area contributed by atoms with E-state index in [-0.39, 0.29) is 6.42 Å². The Morgan fingerprint density at radius 3 is 2.15 bits per heavy atom. The summed E-state index contributed by atoms with van der Waals surface area (Å²) < 4.78 is 25.8. The molecule has 0 aromatic heterocycles. The van der Waals surface area contributed by atoms with Crippen molar-refractivity contribution in [1.29, 1.82) is 0 Å². The molecule has 0 N–H and O–H groups in total. The van der Waals surface area contributed by atoms with Crippen LogP contribution in [0.5, 0.6) is 17.2 Å². The van der Waals surface area contributed by atoms with Gasteiger partial charge in [0, 0.05) is 11.3 Å². The molecule has 0 saturated carbocycles. The summed E-state index contributed by atoms with van der Waals surface area (Å²) in [6.45, 7) is 0. The first-order valence-electron chi connectivity index (χ1n) is 7.92. The van der Waals surface area contributed by atoms with E-state index in [2.05, 4.69) is 16.6 Å². The van der Waals surface area contributed by atoms with Gasteiger partial charge >= 0.3 is 11.9 Å². The molecule has 0 aliphatic rings. The number of rotatable bonds is 5. The zero-order valence-corrected chi connectivity index (χ0v) is 15.8. The van der Waals surface area contributed by atoms with Crippen LogP contribution in [0.1, 0.15) is 11.1 Å². The van der Waals surface area contributed by atoms with Crippen molar-refractivity contribution in [3.05, 3.63) is 29.3 Å². The van der Waals surface area contributed by atoms with Gasteiger partial charge in [0.05, 0.1) is 52.9 Å². The lowest BCUT2D eigenvalue weighted by atomic mass is 9.96. The third kappa shape index (κ3) is 4.06. The summed E-state index contributed by atoms with van der Waals surface area (Å²) in [7, 11) is 7.07. The summed E-state index contributed by atoms with van der Waals surface area (Å²) >= 11 is 0. The second-order valence-electron chi connectivity index (χ2n) is 5.33. The van der Waals surface area contributed by atoms with Crippen molar-refractivity contribution in [3.8, 4) is 29.1 Å². The van der Waals surface area contributed by atoms with Crippen molar-refractivity contribution in [2.75, 3.05) is 35.5 Å². The van der Waals surface area contributed by atoms with Crippen LogP contribution in [0.2, 0.25) is 0 Å². The predicted molar refractivity (Wildman–Crippen MR) is 98.2 cm³/mol. The van der Waals surface area contributed by atoms with Gasteiger partial charge in [0.15, 0.2) is 0 Å². The van der Waals surface area contributed by atoms with Crippen LogP contribution in [-0.4, -0.2) is 47.5 Å². The molecule has 0 amide bonds. The lowest BCUT2D eigenvalue weighted by Gasteiger charge is -2.17. The minimum Gasteiger partial charge on any atom is -0.496 e. The van der Waals surface area contributed by atoms with Gasteiger partial charge in [0.25, 0.3) is 0 Å². The van der Waals surface area contributed by atoms with Crippen molar-refractivity contribution in [2.45, 2.75) is 6.42 Å². The molecule has 2 aromatic carbocycles. The number of fused-ring (bicyclic) bond motifs is 1. The van der Waals surface area contributed by atoms with E-state index in [1.54, 1.807) is 25.3 Å². The van der Waals surface area contributed by atoms with E-state index in [9.17, 15) is 9.59 Å². The largest absolute Gasteiger partial charge is 0.496 e. The summed E-state index contributed by atoms with van der Waals surface area (Å²) in [5, 5.41) is 1.29. The van der Waals surface area contributed by atoms with Crippen LogP contribution in [0.15, 0.2) is 18.2 Å². The summed E-state index contributed by atoms with van der Waals surface area (Å²) in [5.74, 6) is 5.41. The van der Waals surface area contributed by atoms with Gasteiger partial charge in [-0.05, 0) is 23.8 Å². The fourth-order valence-electron chi connectivity index (χ4n) is 2.70. The van der Waals surface area contributed by atoms with E-state index >= 15 is 0 Å². The quantitative estimate of drug-likeness (QED) is 0.587. The zero-order chi connectivity index (χ0) is 20.0. The number of ether oxygens (including phenoxy) is 5. The second kappa shape index (κ2) is 8.81. The van der Waals surface area contributed by atoms with Crippen molar-refractivity contribution >= 4 is 22.7 Å². The maximum Gasteiger partial charge on any atom is 0.384 e. The first kappa shape index (κ1) is 19.9. The highest BCUT2D eigenvalue weighted by molar-refractivity contribution is 6.01. The van der Waals surface area contributed by atoms with E-state index in [0.29, 0.717) is 39.1 Å². The Morgan fingerprint density at radius 2 is 1.59 bits per heavy atom. The highest BCUT2D eigenvalue weighted by atomic mass is 16.5. The molecule has 0 unspecified atom stereocenters. The number of carbonyl (C=O) groups excluding carboxylic acids is 2. The minimum absolute atomic E-state index is 0.0612. The van der Waals surface area contributed by atoms with Crippen LogP contribution < -0.4 is 14.2 Å². The van der Waals surface area contributed by atoms with Crippen LogP contribution >= 0.6 is 0 Å². The van der Waals surface area contributed by atoms with Gasteiger partial charge in [-0.3, -0.25) is 4.79 Å². The highest BCUT2D eigenvalue weighted by Gasteiger charge is 2.21. The number of esters is 2. The summed E-state index contributed by atoms with van der Waals surface area (Å²) in [5.41, 5.74) is 0.890. The molecule has 0 fully saturated rings. The summed E-state index contributed by atoms with van der Waals surface area (Å²) in [4.78, 5) is 23.4. The molecule has 7 nitrogen and oxygen atoms in total. The molecule has 2 aromatic rings. The van der Waals surface area contributed by atoms with Gasteiger partial charge in [0.1, 0.15) is 17.2 Å². The molecule has 0 aliphatic heterocycles. The molecule has 2 rings (SSSR count). The molecule has 0 bridgehead atoms. The smallest absolute Gasteiger partial charge is 0.384 e. The Hall–Kier alpha value is -3.40. The standard InChI is InChI=1S/C20H20O7/c1-23-15-7-8-16(24-2)19-14(15)10-12(11-18(22)26-4)13(20(19)27-5)6-9-17(21)25-3/h7-8,10H,11H2,1-5H3. The van der Waals surface area contributed by atoms with Gasteiger partial charge in [0.2, 0.25) is 0 Å². The van der Waals surface area contributed by atoms with Gasteiger partial charge in [-0.15, -0.1) is 0 Å². The Kier molecular flexibility index (Phi) is 6.50. The van der Waals surface area contributed by atoms with E-state index in [1.165, 1.54) is 28.4 Å². The molecule has 0 atom stereocenters. The Labute approximate surface area is 157 Å². The van der Waals surface area contributed by atoms with Crippen molar-refractivity contribution in [3.63, 3.8) is 0 Å². The molecule has 0 radical (unpaired) electrons. The molecular weight excluding hydrogens is 352 g/mol. The fourth-order valence-corrected chi connectivity index (χ4v) is 2.70. The molecular formula is C20H20O7. The first-order valence-corrected chi connectivity index (χ1v) is 7.92. The van der Waals surface area contributed by atoms with E-state index in [1.807, 2.05) is 0 Å². The molecule has 27 heavy (non-hydrogen) atoms. The Bertz CT molecular complexity index is 935. The molecule has 7 heteroatoms. The number of hydrogen-bond donors (Lipinski definition) is 0. The van der Waals surface area contributed by atoms with Gasteiger partial charge in [-0.1, -0.05) is 5.92 Å². The SMILES string of the molecule is COC(=O)C#Cc1c(CC(=O)OC)cc2c(OC)ccc(OC)c2c1OC.